The van der Waals surface area contributed by atoms with Crippen LogP contribution in [0.1, 0.15) is 69.4 Å². The second-order valence-corrected chi connectivity index (χ2v) is 13.1. The van der Waals surface area contributed by atoms with E-state index in [1.807, 2.05) is 13.8 Å². The van der Waals surface area contributed by atoms with E-state index in [2.05, 4.69) is 4.74 Å². The first-order valence-electron chi connectivity index (χ1n) is 14.7. The number of benzene rings is 4. The average Bonchev–Trinajstić information content (AvgIpc) is 2.90. The lowest BCUT2D eigenvalue weighted by Crippen LogP contribution is -2.46. The van der Waals surface area contributed by atoms with Crippen molar-refractivity contribution in [1.82, 2.24) is 0 Å². The Hall–Kier alpha value is -4.09. The Kier molecular flexibility index (Phi) is 9.75. The fourth-order valence-corrected chi connectivity index (χ4v) is 5.56. The Morgan fingerprint density at radius 2 is 1.15 bits per heavy atom. The van der Waals surface area contributed by atoms with Crippen molar-refractivity contribution in [3.05, 3.63) is 123 Å². The van der Waals surface area contributed by atoms with Gasteiger partial charge in [-0.3, -0.25) is 0 Å². The van der Waals surface area contributed by atoms with E-state index in [4.69, 9.17) is 0 Å². The summed E-state index contributed by atoms with van der Waals surface area (Å²) in [4.78, 5) is 0. The predicted octanol–water partition coefficient (Wildman–Crippen LogP) is 11.7. The maximum Gasteiger partial charge on any atom is 0.422 e. The zero-order valence-corrected chi connectivity index (χ0v) is 26.6. The van der Waals surface area contributed by atoms with Gasteiger partial charge in [-0.15, -0.1) is 0 Å². The zero-order valence-electron chi connectivity index (χ0n) is 26.6. The van der Waals surface area contributed by atoms with Gasteiger partial charge in [0.1, 0.15) is 46.2 Å². The molecule has 0 aliphatic carbocycles. The Morgan fingerprint density at radius 3 is 1.62 bits per heavy atom. The standard InChI is InChI=1S/C36H31F11O/c1-18(2)11-19-7-10-24(26(38)12-19)33(3,4)21-15-29(41)31(30(42)16-21)34(5,6)36(46,47)48-22-8-9-23(25(37)17-22)20-13-27(39)32(28(40)14-20)35(43,44)45/h7-10,12-18H,11H2,1-6H3. The monoisotopic (exact) mass is 688 g/mol. The summed E-state index contributed by atoms with van der Waals surface area (Å²) in [5, 5.41) is 0. The molecule has 4 aromatic rings. The summed E-state index contributed by atoms with van der Waals surface area (Å²) in [6.45, 7) is 8.54. The predicted molar refractivity (Wildman–Crippen MR) is 159 cm³/mol. The first kappa shape index (κ1) is 36.7. The summed E-state index contributed by atoms with van der Waals surface area (Å²) in [6.07, 6.45) is -9.17. The third-order valence-corrected chi connectivity index (χ3v) is 8.29. The SMILES string of the molecule is CC(C)Cc1ccc(C(C)(C)c2cc(F)c(C(C)(C)C(F)(F)Oc3ccc(-c4cc(F)c(C(F)(F)F)c(F)c4)c(F)c3)c(F)c2)c(F)c1. The van der Waals surface area contributed by atoms with Crippen LogP contribution < -0.4 is 4.74 Å². The molecule has 0 radical (unpaired) electrons. The molecule has 1 nitrogen and oxygen atoms in total. The molecule has 0 amide bonds. The van der Waals surface area contributed by atoms with Gasteiger partial charge in [0.15, 0.2) is 0 Å². The summed E-state index contributed by atoms with van der Waals surface area (Å²) >= 11 is 0. The highest BCUT2D eigenvalue weighted by Gasteiger charge is 2.53. The number of alkyl halides is 5. The largest absolute Gasteiger partial charge is 0.432 e. The van der Waals surface area contributed by atoms with Crippen molar-refractivity contribution in [2.24, 2.45) is 5.92 Å². The third-order valence-electron chi connectivity index (χ3n) is 8.29. The molecule has 0 aliphatic heterocycles. The van der Waals surface area contributed by atoms with Crippen LogP contribution in [0, 0.1) is 40.8 Å². The van der Waals surface area contributed by atoms with E-state index >= 15 is 22.0 Å². The van der Waals surface area contributed by atoms with Gasteiger partial charge in [-0.2, -0.15) is 22.0 Å². The number of rotatable bonds is 9. The van der Waals surface area contributed by atoms with Crippen LogP contribution in [0.15, 0.2) is 60.7 Å². The van der Waals surface area contributed by atoms with Gasteiger partial charge in [-0.25, -0.2) is 26.3 Å². The Morgan fingerprint density at radius 1 is 0.604 bits per heavy atom. The molecular weight excluding hydrogens is 657 g/mol. The normalized spacial score (nSPS) is 13.0. The summed E-state index contributed by atoms with van der Waals surface area (Å²) in [5.74, 6) is -9.40. The van der Waals surface area contributed by atoms with Gasteiger partial charge in [-0.1, -0.05) is 39.8 Å². The van der Waals surface area contributed by atoms with Crippen LogP contribution in [0.4, 0.5) is 48.3 Å². The molecule has 4 aromatic carbocycles. The van der Waals surface area contributed by atoms with Crippen LogP contribution in [-0.4, -0.2) is 6.11 Å². The van der Waals surface area contributed by atoms with Gasteiger partial charge in [0.25, 0.3) is 0 Å². The van der Waals surface area contributed by atoms with E-state index < -0.39 is 86.0 Å². The highest BCUT2D eigenvalue weighted by atomic mass is 19.4. The van der Waals surface area contributed by atoms with E-state index in [9.17, 15) is 26.3 Å². The molecular formula is C36H31F11O. The first-order valence-corrected chi connectivity index (χ1v) is 14.7. The van der Waals surface area contributed by atoms with Crippen LogP contribution in [0.25, 0.3) is 11.1 Å². The van der Waals surface area contributed by atoms with Gasteiger partial charge in [-0.05, 0) is 90.9 Å². The molecule has 0 saturated heterocycles. The van der Waals surface area contributed by atoms with Crippen molar-refractivity contribution in [3.8, 4) is 16.9 Å². The molecule has 0 N–H and O–H groups in total. The number of halogens is 11. The minimum atomic E-state index is -5.37. The molecule has 258 valence electrons. The van der Waals surface area contributed by atoms with Gasteiger partial charge in [0.05, 0.1) is 5.41 Å². The van der Waals surface area contributed by atoms with Crippen molar-refractivity contribution in [2.45, 2.75) is 71.1 Å². The smallest absolute Gasteiger partial charge is 0.422 e. The second kappa shape index (κ2) is 12.7. The van der Waals surface area contributed by atoms with Crippen molar-refractivity contribution < 1.29 is 53.0 Å². The van der Waals surface area contributed by atoms with Crippen LogP contribution in [-0.2, 0) is 23.4 Å². The lowest BCUT2D eigenvalue weighted by Gasteiger charge is -2.35. The molecule has 12 heteroatoms. The van der Waals surface area contributed by atoms with Gasteiger partial charge < -0.3 is 4.74 Å². The average molecular weight is 689 g/mol. The summed E-state index contributed by atoms with van der Waals surface area (Å²) in [7, 11) is 0. The van der Waals surface area contributed by atoms with E-state index in [0.29, 0.717) is 12.5 Å². The highest BCUT2D eigenvalue weighted by molar-refractivity contribution is 5.66. The molecule has 0 atom stereocenters. The van der Waals surface area contributed by atoms with Crippen molar-refractivity contribution in [3.63, 3.8) is 0 Å². The van der Waals surface area contributed by atoms with Crippen LogP contribution in [0.2, 0.25) is 0 Å². The number of ether oxygens (including phenoxy) is 1. The van der Waals surface area contributed by atoms with E-state index in [0.717, 1.165) is 43.7 Å². The molecule has 0 saturated carbocycles. The highest BCUT2D eigenvalue weighted by Crippen LogP contribution is 2.45. The Bertz CT molecular complexity index is 1790. The zero-order chi connectivity index (χ0) is 36.1. The van der Waals surface area contributed by atoms with Gasteiger partial charge >= 0.3 is 12.3 Å². The van der Waals surface area contributed by atoms with Crippen molar-refractivity contribution in [2.75, 3.05) is 0 Å². The molecule has 0 unspecified atom stereocenters. The molecule has 0 fully saturated rings. The molecule has 0 aliphatic rings. The van der Waals surface area contributed by atoms with Crippen LogP contribution in [0.3, 0.4) is 0 Å². The molecule has 0 aromatic heterocycles. The van der Waals surface area contributed by atoms with Crippen LogP contribution in [0.5, 0.6) is 5.75 Å². The molecule has 0 spiro atoms. The Balaban J connectivity index is 1.64. The molecule has 0 heterocycles. The molecule has 48 heavy (non-hydrogen) atoms. The van der Waals surface area contributed by atoms with E-state index in [1.165, 1.54) is 26.0 Å². The fourth-order valence-electron chi connectivity index (χ4n) is 5.56. The topological polar surface area (TPSA) is 9.23 Å². The van der Waals surface area contributed by atoms with Crippen molar-refractivity contribution in [1.29, 1.82) is 0 Å². The minimum absolute atomic E-state index is 0.0365. The first-order chi connectivity index (χ1) is 22.0. The molecule has 0 bridgehead atoms. The van der Waals surface area contributed by atoms with E-state index in [1.54, 1.807) is 6.07 Å². The van der Waals surface area contributed by atoms with Gasteiger partial charge in [0.2, 0.25) is 0 Å². The van der Waals surface area contributed by atoms with Gasteiger partial charge in [0, 0.05) is 22.6 Å². The third kappa shape index (κ3) is 7.03. The Labute approximate surface area is 270 Å². The summed E-state index contributed by atoms with van der Waals surface area (Å²) in [6, 6.07) is 8.54. The summed E-state index contributed by atoms with van der Waals surface area (Å²) in [5.41, 5.74) is -7.77. The van der Waals surface area contributed by atoms with Crippen molar-refractivity contribution >= 4 is 0 Å². The maximum absolute atomic E-state index is 15.6. The molecule has 4 rings (SSSR count). The quantitative estimate of drug-likeness (QED) is 0.159. The lowest BCUT2D eigenvalue weighted by atomic mass is 9.75. The minimum Gasteiger partial charge on any atom is -0.432 e. The number of hydrogen-bond donors (Lipinski definition) is 0. The number of hydrogen-bond acceptors (Lipinski definition) is 1. The summed E-state index contributed by atoms with van der Waals surface area (Å²) < 4.78 is 164. The maximum atomic E-state index is 15.6. The lowest BCUT2D eigenvalue weighted by molar-refractivity contribution is -0.222. The fraction of sp³-hybridized carbons (Fsp3) is 0.333. The second-order valence-electron chi connectivity index (χ2n) is 13.1. The van der Waals surface area contributed by atoms with Crippen LogP contribution >= 0.6 is 0 Å². The van der Waals surface area contributed by atoms with E-state index in [-0.39, 0.29) is 29.2 Å².